The van der Waals surface area contributed by atoms with Crippen LogP contribution in [0.15, 0.2) is 47.4 Å². The van der Waals surface area contributed by atoms with E-state index in [9.17, 15) is 8.42 Å². The first kappa shape index (κ1) is 14.0. The van der Waals surface area contributed by atoms with Crippen molar-refractivity contribution in [3.63, 3.8) is 0 Å². The van der Waals surface area contributed by atoms with Gasteiger partial charge in [0.1, 0.15) is 0 Å². The summed E-state index contributed by atoms with van der Waals surface area (Å²) in [6.07, 6.45) is 1.20. The number of nitrogens with one attached hydrogen (secondary N) is 1. The maximum atomic E-state index is 11.5. The molecule has 0 atom stereocenters. The molecule has 3 aromatic rings. The van der Waals surface area contributed by atoms with E-state index in [4.69, 9.17) is 12.2 Å². The van der Waals surface area contributed by atoms with Gasteiger partial charge in [-0.2, -0.15) is 0 Å². The molecule has 0 radical (unpaired) electrons. The highest BCUT2D eigenvalue weighted by atomic mass is 32.2. The Balaban J connectivity index is 2.21. The molecule has 2 aromatic carbocycles. The van der Waals surface area contributed by atoms with Gasteiger partial charge in [0.15, 0.2) is 14.6 Å². The number of nitrogens with zero attached hydrogens (tertiary/aromatic N) is 1. The van der Waals surface area contributed by atoms with Crippen LogP contribution in [-0.2, 0) is 9.84 Å². The topological polar surface area (TPSA) is 54.9 Å². The van der Waals surface area contributed by atoms with Crippen molar-refractivity contribution in [2.75, 3.05) is 6.26 Å². The Bertz CT molecular complexity index is 981. The number of rotatable bonds is 2. The minimum atomic E-state index is -3.19. The van der Waals surface area contributed by atoms with Crippen LogP contribution in [0, 0.1) is 11.7 Å². The van der Waals surface area contributed by atoms with E-state index < -0.39 is 9.84 Å². The molecule has 3 rings (SSSR count). The van der Waals surface area contributed by atoms with Gasteiger partial charge in [-0.25, -0.2) is 8.42 Å². The largest absolute Gasteiger partial charge is 0.330 e. The molecule has 1 N–H and O–H groups in total. The molecular weight excluding hydrogens is 304 g/mol. The highest BCUT2D eigenvalue weighted by Crippen LogP contribution is 2.21. The standard InChI is InChI=1S/C15H14N2O2S2/c1-10-3-8-14-13(9-10)16-15(20)17(14)11-4-6-12(7-5-11)21(2,18)19/h3-9H,1-2H3,(H,16,20). The smallest absolute Gasteiger partial charge is 0.182 e. The van der Waals surface area contributed by atoms with Gasteiger partial charge in [-0.05, 0) is 61.1 Å². The molecule has 1 heterocycles. The van der Waals surface area contributed by atoms with Gasteiger partial charge in [-0.1, -0.05) is 6.07 Å². The lowest BCUT2D eigenvalue weighted by atomic mass is 10.2. The first-order valence-electron chi connectivity index (χ1n) is 6.38. The van der Waals surface area contributed by atoms with Crippen molar-refractivity contribution in [3.8, 4) is 5.69 Å². The minimum absolute atomic E-state index is 0.299. The molecule has 0 saturated heterocycles. The fourth-order valence-corrected chi connectivity index (χ4v) is 3.27. The summed E-state index contributed by atoms with van der Waals surface area (Å²) in [5, 5.41) is 0. The fourth-order valence-electron chi connectivity index (χ4n) is 2.32. The zero-order valence-corrected chi connectivity index (χ0v) is 13.3. The molecule has 1 aromatic heterocycles. The number of aryl methyl sites for hydroxylation is 1. The normalized spacial score (nSPS) is 11.9. The van der Waals surface area contributed by atoms with Crippen LogP contribution in [0.5, 0.6) is 0 Å². The van der Waals surface area contributed by atoms with Crippen molar-refractivity contribution in [1.29, 1.82) is 0 Å². The van der Waals surface area contributed by atoms with Gasteiger partial charge in [0.05, 0.1) is 15.9 Å². The Morgan fingerprint density at radius 1 is 1.10 bits per heavy atom. The molecule has 4 nitrogen and oxygen atoms in total. The number of benzene rings is 2. The second-order valence-electron chi connectivity index (χ2n) is 5.05. The third-order valence-electron chi connectivity index (χ3n) is 3.36. The average Bonchev–Trinajstić information content (AvgIpc) is 2.73. The number of hydrogen-bond acceptors (Lipinski definition) is 3. The molecule has 0 aliphatic carbocycles. The van der Waals surface area contributed by atoms with Gasteiger partial charge in [-0.15, -0.1) is 0 Å². The Morgan fingerprint density at radius 3 is 2.38 bits per heavy atom. The monoisotopic (exact) mass is 318 g/mol. The van der Waals surface area contributed by atoms with Crippen LogP contribution in [0.4, 0.5) is 0 Å². The van der Waals surface area contributed by atoms with Gasteiger partial charge < -0.3 is 4.98 Å². The lowest BCUT2D eigenvalue weighted by Crippen LogP contribution is -1.99. The van der Waals surface area contributed by atoms with Crippen LogP contribution in [0.3, 0.4) is 0 Å². The molecule has 6 heteroatoms. The number of fused-ring (bicyclic) bond motifs is 1. The number of aromatic nitrogens is 2. The molecule has 0 spiro atoms. The predicted octanol–water partition coefficient (Wildman–Crippen LogP) is 3.40. The van der Waals surface area contributed by atoms with Gasteiger partial charge in [0.25, 0.3) is 0 Å². The Hall–Kier alpha value is -1.92. The van der Waals surface area contributed by atoms with E-state index >= 15 is 0 Å². The Morgan fingerprint density at radius 2 is 1.76 bits per heavy atom. The summed E-state index contributed by atoms with van der Waals surface area (Å²) < 4.78 is 25.5. The molecule has 0 fully saturated rings. The van der Waals surface area contributed by atoms with E-state index in [-0.39, 0.29) is 0 Å². The van der Waals surface area contributed by atoms with E-state index in [0.717, 1.165) is 22.3 Å². The van der Waals surface area contributed by atoms with Crippen molar-refractivity contribution in [2.24, 2.45) is 0 Å². The van der Waals surface area contributed by atoms with Crippen LogP contribution in [-0.4, -0.2) is 24.2 Å². The minimum Gasteiger partial charge on any atom is -0.330 e. The molecule has 0 aliphatic heterocycles. The average molecular weight is 318 g/mol. The molecule has 0 bridgehead atoms. The highest BCUT2D eigenvalue weighted by Gasteiger charge is 2.09. The molecule has 0 unspecified atom stereocenters. The molecule has 0 aliphatic rings. The van der Waals surface area contributed by atoms with Crippen LogP contribution in [0.2, 0.25) is 0 Å². The number of imidazole rings is 1. The van der Waals surface area contributed by atoms with Crippen molar-refractivity contribution in [1.82, 2.24) is 9.55 Å². The lowest BCUT2D eigenvalue weighted by molar-refractivity contribution is 0.602. The number of sulfone groups is 1. The van der Waals surface area contributed by atoms with Gasteiger partial charge in [-0.3, -0.25) is 4.57 Å². The summed E-state index contributed by atoms with van der Waals surface area (Å²) in [7, 11) is -3.19. The Kier molecular flexibility index (Phi) is 3.22. The summed E-state index contributed by atoms with van der Waals surface area (Å²) in [6, 6.07) is 12.8. The van der Waals surface area contributed by atoms with E-state index in [1.54, 1.807) is 24.3 Å². The molecular formula is C15H14N2O2S2. The molecule has 21 heavy (non-hydrogen) atoms. The van der Waals surface area contributed by atoms with Crippen LogP contribution in [0.25, 0.3) is 16.7 Å². The summed E-state index contributed by atoms with van der Waals surface area (Å²) in [4.78, 5) is 3.47. The summed E-state index contributed by atoms with van der Waals surface area (Å²) >= 11 is 5.37. The summed E-state index contributed by atoms with van der Waals surface area (Å²) in [6.45, 7) is 2.02. The van der Waals surface area contributed by atoms with Gasteiger partial charge >= 0.3 is 0 Å². The zero-order valence-electron chi connectivity index (χ0n) is 11.6. The second-order valence-corrected chi connectivity index (χ2v) is 7.45. The van der Waals surface area contributed by atoms with E-state index in [2.05, 4.69) is 4.98 Å². The number of aromatic amines is 1. The van der Waals surface area contributed by atoms with Gasteiger partial charge in [0, 0.05) is 11.9 Å². The first-order chi connectivity index (χ1) is 9.86. The van der Waals surface area contributed by atoms with E-state index in [1.807, 2.05) is 29.7 Å². The number of H-pyrrole nitrogens is 1. The predicted molar refractivity (Wildman–Crippen MR) is 86.3 cm³/mol. The van der Waals surface area contributed by atoms with Crippen LogP contribution in [0.1, 0.15) is 5.56 Å². The van der Waals surface area contributed by atoms with Crippen molar-refractivity contribution < 1.29 is 8.42 Å². The SMILES string of the molecule is Cc1ccc2c(c1)[nH]c(=S)n2-c1ccc(S(C)(=O)=O)cc1. The van der Waals surface area contributed by atoms with Crippen LogP contribution >= 0.6 is 12.2 Å². The number of hydrogen-bond donors (Lipinski definition) is 1. The maximum Gasteiger partial charge on any atom is 0.182 e. The summed E-state index contributed by atoms with van der Waals surface area (Å²) in [5.41, 5.74) is 3.92. The van der Waals surface area contributed by atoms with E-state index in [0.29, 0.717) is 9.67 Å². The molecule has 0 amide bonds. The van der Waals surface area contributed by atoms with Crippen LogP contribution < -0.4 is 0 Å². The summed E-state index contributed by atoms with van der Waals surface area (Å²) in [5.74, 6) is 0. The second kappa shape index (κ2) is 4.82. The van der Waals surface area contributed by atoms with E-state index in [1.165, 1.54) is 6.26 Å². The highest BCUT2D eigenvalue weighted by molar-refractivity contribution is 7.90. The quantitative estimate of drug-likeness (QED) is 0.737. The first-order valence-corrected chi connectivity index (χ1v) is 8.68. The maximum absolute atomic E-state index is 11.5. The third kappa shape index (κ3) is 2.52. The van der Waals surface area contributed by atoms with Crippen molar-refractivity contribution >= 4 is 33.1 Å². The fraction of sp³-hybridized carbons (Fsp3) is 0.133. The van der Waals surface area contributed by atoms with Crippen molar-refractivity contribution in [3.05, 3.63) is 52.8 Å². The lowest BCUT2D eigenvalue weighted by Gasteiger charge is -2.06. The van der Waals surface area contributed by atoms with Gasteiger partial charge in [0.2, 0.25) is 0 Å². The molecule has 0 saturated carbocycles. The zero-order chi connectivity index (χ0) is 15.2. The Labute approximate surface area is 128 Å². The molecule has 108 valence electrons. The van der Waals surface area contributed by atoms with Crippen molar-refractivity contribution in [2.45, 2.75) is 11.8 Å². The third-order valence-corrected chi connectivity index (χ3v) is 4.77.